The first-order chi connectivity index (χ1) is 10.3. The van der Waals surface area contributed by atoms with E-state index in [0.29, 0.717) is 4.47 Å². The van der Waals surface area contributed by atoms with E-state index in [-0.39, 0.29) is 20.6 Å². The van der Waals surface area contributed by atoms with E-state index < -0.39 is 15.9 Å². The molecule has 1 aromatic carbocycles. The minimum Gasteiger partial charge on any atom is -0.273 e. The fourth-order valence-electron chi connectivity index (χ4n) is 1.44. The van der Waals surface area contributed by atoms with Gasteiger partial charge in [0.2, 0.25) is 0 Å². The number of pyridine rings is 1. The highest BCUT2D eigenvalue weighted by Gasteiger charge is 2.18. The number of hydrogen-bond donors (Lipinski definition) is 2. The lowest BCUT2D eigenvalue weighted by atomic mass is 10.2. The fraction of sp³-hybridized carbons (Fsp3) is 0. The Morgan fingerprint density at radius 1 is 1.23 bits per heavy atom. The summed E-state index contributed by atoms with van der Waals surface area (Å²) in [5.41, 5.74) is 2.38. The van der Waals surface area contributed by atoms with Crippen LogP contribution in [0.15, 0.2) is 45.9 Å². The molecule has 6 nitrogen and oxygen atoms in total. The van der Waals surface area contributed by atoms with Crippen molar-refractivity contribution in [1.29, 1.82) is 0 Å². The van der Waals surface area contributed by atoms with Crippen molar-refractivity contribution in [1.82, 2.24) is 15.2 Å². The summed E-state index contributed by atoms with van der Waals surface area (Å²) in [6, 6.07) is 7.70. The summed E-state index contributed by atoms with van der Waals surface area (Å²) in [5.74, 6) is -0.621. The summed E-state index contributed by atoms with van der Waals surface area (Å²) in [6.45, 7) is 0. The van der Waals surface area contributed by atoms with Gasteiger partial charge in [-0.1, -0.05) is 35.3 Å². The van der Waals surface area contributed by atoms with Crippen molar-refractivity contribution in [2.45, 2.75) is 4.90 Å². The summed E-state index contributed by atoms with van der Waals surface area (Å²) >= 11 is 14.5. The van der Waals surface area contributed by atoms with Gasteiger partial charge in [-0.3, -0.25) is 10.2 Å². The van der Waals surface area contributed by atoms with Gasteiger partial charge >= 0.3 is 0 Å². The molecule has 0 atom stereocenters. The Bertz CT molecular complexity index is 830. The number of nitrogens with zero attached hydrogens (tertiary/aromatic N) is 1. The number of sulfonamides is 1. The highest BCUT2D eigenvalue weighted by atomic mass is 79.9. The van der Waals surface area contributed by atoms with Crippen LogP contribution in [0.1, 0.15) is 10.4 Å². The Kier molecular flexibility index (Phi) is 5.41. The molecule has 116 valence electrons. The van der Waals surface area contributed by atoms with E-state index >= 15 is 0 Å². The molecular formula is C12H8BrCl2N3O3S. The molecule has 10 heteroatoms. The third kappa shape index (κ3) is 3.96. The normalized spacial score (nSPS) is 11.2. The molecule has 0 bridgehead atoms. The molecule has 1 aromatic heterocycles. The average Bonchev–Trinajstić information content (AvgIpc) is 2.48. The first kappa shape index (κ1) is 17.2. The van der Waals surface area contributed by atoms with E-state index in [0.717, 1.165) is 12.3 Å². The molecule has 0 aliphatic carbocycles. The SMILES string of the molecule is O=C(NNS(=O)(=O)c1cnc(Cl)c(Cl)c1)c1ccccc1Br. The number of hydrogen-bond acceptors (Lipinski definition) is 4. The maximum absolute atomic E-state index is 12.0. The molecule has 0 spiro atoms. The van der Waals surface area contributed by atoms with Crippen LogP contribution < -0.4 is 10.3 Å². The number of rotatable bonds is 4. The largest absolute Gasteiger partial charge is 0.273 e. The molecule has 0 fully saturated rings. The van der Waals surface area contributed by atoms with E-state index in [1.807, 2.05) is 4.83 Å². The molecule has 0 unspecified atom stereocenters. The standard InChI is InChI=1S/C12H8BrCl2N3O3S/c13-9-4-2-1-3-8(9)12(19)17-18-22(20,21)7-5-10(14)11(15)16-6-7/h1-6,18H,(H,17,19). The molecular weight excluding hydrogens is 417 g/mol. The minimum absolute atomic E-state index is 0.0123. The average molecular weight is 425 g/mol. The van der Waals surface area contributed by atoms with Gasteiger partial charge in [0.1, 0.15) is 10.0 Å². The molecule has 2 aromatic rings. The topological polar surface area (TPSA) is 88.2 Å². The minimum atomic E-state index is -4.02. The van der Waals surface area contributed by atoms with Crippen molar-refractivity contribution < 1.29 is 13.2 Å². The summed E-state index contributed by atoms with van der Waals surface area (Å²) in [6.07, 6.45) is 1.03. The van der Waals surface area contributed by atoms with Gasteiger partial charge in [0.15, 0.2) is 0 Å². The van der Waals surface area contributed by atoms with Gasteiger partial charge in [-0.2, -0.15) is 0 Å². The third-order valence-corrected chi connectivity index (χ3v) is 5.09. The highest BCUT2D eigenvalue weighted by Crippen LogP contribution is 2.22. The number of carbonyl (C=O) groups is 1. The Hall–Kier alpha value is -1.19. The molecule has 0 aliphatic rings. The maximum Gasteiger partial charge on any atom is 0.267 e. The molecule has 2 rings (SSSR count). The van der Waals surface area contributed by atoms with E-state index in [1.165, 1.54) is 6.07 Å². The van der Waals surface area contributed by atoms with Gasteiger partial charge in [0, 0.05) is 10.7 Å². The molecule has 0 radical (unpaired) electrons. The molecule has 1 heterocycles. The fourth-order valence-corrected chi connectivity index (χ4v) is 3.04. The second-order valence-electron chi connectivity index (χ2n) is 3.98. The molecule has 22 heavy (non-hydrogen) atoms. The van der Waals surface area contributed by atoms with Gasteiger partial charge in [-0.15, -0.1) is 4.83 Å². The Morgan fingerprint density at radius 3 is 2.55 bits per heavy atom. The summed E-state index contributed by atoms with van der Waals surface area (Å²) in [7, 11) is -4.02. The van der Waals surface area contributed by atoms with Crippen molar-refractivity contribution in [3.05, 3.63) is 56.7 Å². The van der Waals surface area contributed by atoms with Crippen LogP contribution in [0.2, 0.25) is 10.2 Å². The lowest BCUT2D eigenvalue weighted by Gasteiger charge is -2.09. The summed E-state index contributed by atoms with van der Waals surface area (Å²) < 4.78 is 24.6. The van der Waals surface area contributed by atoms with E-state index in [1.54, 1.807) is 18.2 Å². The van der Waals surface area contributed by atoms with Crippen LogP contribution in [0.3, 0.4) is 0 Å². The molecule has 1 amide bonds. The lowest BCUT2D eigenvalue weighted by Crippen LogP contribution is -2.41. The van der Waals surface area contributed by atoms with Crippen molar-refractivity contribution in [2.75, 3.05) is 0 Å². The second-order valence-corrected chi connectivity index (χ2v) is 7.29. The van der Waals surface area contributed by atoms with Crippen LogP contribution in [0.4, 0.5) is 0 Å². The Balaban J connectivity index is 2.14. The van der Waals surface area contributed by atoms with Crippen LogP contribution in [0.5, 0.6) is 0 Å². The molecule has 2 N–H and O–H groups in total. The van der Waals surface area contributed by atoms with Gasteiger partial charge in [0.25, 0.3) is 15.9 Å². The number of hydrazine groups is 1. The van der Waals surface area contributed by atoms with Crippen molar-refractivity contribution in [3.63, 3.8) is 0 Å². The zero-order valence-electron chi connectivity index (χ0n) is 10.7. The zero-order valence-corrected chi connectivity index (χ0v) is 14.6. The number of halogens is 3. The van der Waals surface area contributed by atoms with Crippen LogP contribution in [0, 0.1) is 0 Å². The van der Waals surface area contributed by atoms with E-state index in [4.69, 9.17) is 23.2 Å². The molecule has 0 saturated heterocycles. The monoisotopic (exact) mass is 423 g/mol. The number of aromatic nitrogens is 1. The van der Waals surface area contributed by atoms with Gasteiger partial charge in [0.05, 0.1) is 10.6 Å². The van der Waals surface area contributed by atoms with E-state index in [9.17, 15) is 13.2 Å². The third-order valence-electron chi connectivity index (χ3n) is 2.50. The van der Waals surface area contributed by atoms with Gasteiger partial charge in [-0.25, -0.2) is 13.4 Å². The molecule has 0 saturated carbocycles. The maximum atomic E-state index is 12.0. The van der Waals surface area contributed by atoms with Crippen molar-refractivity contribution >= 4 is 55.1 Å². The van der Waals surface area contributed by atoms with Crippen LogP contribution in [-0.4, -0.2) is 19.3 Å². The van der Waals surface area contributed by atoms with Gasteiger partial charge in [-0.05, 0) is 34.1 Å². The van der Waals surface area contributed by atoms with Crippen molar-refractivity contribution in [2.24, 2.45) is 0 Å². The van der Waals surface area contributed by atoms with E-state index in [2.05, 4.69) is 26.3 Å². The van der Waals surface area contributed by atoms with Gasteiger partial charge < -0.3 is 0 Å². The number of nitrogens with one attached hydrogen (secondary N) is 2. The first-order valence-electron chi connectivity index (χ1n) is 5.69. The lowest BCUT2D eigenvalue weighted by molar-refractivity contribution is 0.0944. The highest BCUT2D eigenvalue weighted by molar-refractivity contribution is 9.10. The predicted molar refractivity (Wildman–Crippen MR) is 86.2 cm³/mol. The predicted octanol–water partition coefficient (Wildman–Crippen LogP) is 2.77. The summed E-state index contributed by atoms with van der Waals surface area (Å²) in [4.78, 5) is 17.3. The smallest absolute Gasteiger partial charge is 0.267 e. The zero-order chi connectivity index (χ0) is 16.3. The summed E-state index contributed by atoms with van der Waals surface area (Å²) in [5, 5.41) is -0.0282. The number of carbonyl (C=O) groups excluding carboxylic acids is 1. The number of amides is 1. The van der Waals surface area contributed by atoms with Crippen LogP contribution >= 0.6 is 39.1 Å². The second kappa shape index (κ2) is 6.93. The number of benzene rings is 1. The Morgan fingerprint density at radius 2 is 1.91 bits per heavy atom. The molecule has 0 aliphatic heterocycles. The van der Waals surface area contributed by atoms with Crippen LogP contribution in [0.25, 0.3) is 0 Å². The first-order valence-corrected chi connectivity index (χ1v) is 8.72. The van der Waals surface area contributed by atoms with Crippen molar-refractivity contribution in [3.8, 4) is 0 Å². The van der Waals surface area contributed by atoms with Crippen LogP contribution in [-0.2, 0) is 10.0 Å². The quantitative estimate of drug-likeness (QED) is 0.583. The Labute approximate surface area is 145 Å².